The summed E-state index contributed by atoms with van der Waals surface area (Å²) in [4.78, 5) is 11.2. The van der Waals surface area contributed by atoms with Gasteiger partial charge in [0, 0.05) is 0 Å². The Morgan fingerprint density at radius 2 is 1.76 bits per heavy atom. The zero-order chi connectivity index (χ0) is 20.6. The first-order chi connectivity index (χ1) is 14.1. The largest absolute Gasteiger partial charge is 0.504 e. The molecular formula is C25H24O4. The van der Waals surface area contributed by atoms with E-state index in [1.54, 1.807) is 13.4 Å². The first-order valence-corrected chi connectivity index (χ1v) is 9.41. The van der Waals surface area contributed by atoms with Crippen molar-refractivity contribution in [1.82, 2.24) is 0 Å². The Bertz CT molecular complexity index is 977. The quantitative estimate of drug-likeness (QED) is 0.579. The number of para-hydroxylation sites is 1. The van der Waals surface area contributed by atoms with Crippen molar-refractivity contribution in [2.75, 3.05) is 7.11 Å². The zero-order valence-electron chi connectivity index (χ0n) is 16.6. The lowest BCUT2D eigenvalue weighted by Gasteiger charge is -2.07. The highest BCUT2D eigenvalue weighted by Gasteiger charge is 2.22. The normalized spacial score (nSPS) is 16.8. The van der Waals surface area contributed by atoms with Crippen LogP contribution in [0.5, 0.6) is 11.5 Å². The van der Waals surface area contributed by atoms with Crippen molar-refractivity contribution in [2.45, 2.75) is 19.8 Å². The van der Waals surface area contributed by atoms with E-state index in [1.807, 2.05) is 73.7 Å². The molecule has 0 saturated carbocycles. The number of rotatable bonds is 7. The molecule has 2 aromatic carbocycles. The summed E-state index contributed by atoms with van der Waals surface area (Å²) in [5.74, 6) is 0.749. The summed E-state index contributed by atoms with van der Waals surface area (Å²) in [5, 5.41) is 9.20. The highest BCUT2D eigenvalue weighted by Crippen LogP contribution is 2.39. The number of carboxylic acid groups (broad SMARTS) is 1. The third-order valence-electron chi connectivity index (χ3n) is 4.73. The summed E-state index contributed by atoms with van der Waals surface area (Å²) >= 11 is 0. The van der Waals surface area contributed by atoms with E-state index >= 15 is 0 Å². The summed E-state index contributed by atoms with van der Waals surface area (Å²) in [6, 6.07) is 17.5. The van der Waals surface area contributed by atoms with Crippen LogP contribution in [0.15, 0.2) is 95.3 Å². The molecule has 0 unspecified atom stereocenters. The van der Waals surface area contributed by atoms with Gasteiger partial charge in [-0.3, -0.25) is 4.79 Å². The Balaban J connectivity index is 1.86. The van der Waals surface area contributed by atoms with E-state index in [0.717, 1.165) is 39.4 Å². The van der Waals surface area contributed by atoms with Gasteiger partial charge in [0.05, 0.1) is 19.8 Å². The molecule has 1 N–H and O–H groups in total. The molecule has 29 heavy (non-hydrogen) atoms. The summed E-state index contributed by atoms with van der Waals surface area (Å²) in [6.07, 6.45) is 8.18. The average molecular weight is 388 g/mol. The van der Waals surface area contributed by atoms with E-state index < -0.39 is 5.97 Å². The Morgan fingerprint density at radius 1 is 1.07 bits per heavy atom. The van der Waals surface area contributed by atoms with Gasteiger partial charge in [0.1, 0.15) is 11.5 Å². The maximum absolute atomic E-state index is 11.2. The third kappa shape index (κ3) is 5.48. The van der Waals surface area contributed by atoms with Gasteiger partial charge in [-0.25, -0.2) is 0 Å². The van der Waals surface area contributed by atoms with Crippen molar-refractivity contribution in [3.8, 4) is 11.5 Å². The maximum Gasteiger partial charge on any atom is 0.307 e. The molecule has 4 heteroatoms. The van der Waals surface area contributed by atoms with Crippen LogP contribution in [-0.4, -0.2) is 18.2 Å². The number of benzene rings is 2. The van der Waals surface area contributed by atoms with E-state index in [2.05, 4.69) is 6.08 Å². The minimum absolute atomic E-state index is 0.0539. The molecular weight excluding hydrogens is 364 g/mol. The molecule has 0 spiro atoms. The van der Waals surface area contributed by atoms with Crippen molar-refractivity contribution in [3.63, 3.8) is 0 Å². The van der Waals surface area contributed by atoms with Crippen molar-refractivity contribution in [3.05, 3.63) is 101 Å². The van der Waals surface area contributed by atoms with E-state index in [0.29, 0.717) is 6.42 Å². The molecule has 0 saturated heterocycles. The lowest BCUT2D eigenvalue weighted by Crippen LogP contribution is -1.96. The first-order valence-electron chi connectivity index (χ1n) is 9.41. The maximum atomic E-state index is 11.2. The Hall–Kier alpha value is -3.53. The lowest BCUT2D eigenvalue weighted by molar-refractivity contribution is -0.136. The molecule has 2 aromatic rings. The highest BCUT2D eigenvalue weighted by molar-refractivity contribution is 5.76. The minimum Gasteiger partial charge on any atom is -0.504 e. The topological polar surface area (TPSA) is 55.8 Å². The predicted octanol–water partition coefficient (Wildman–Crippen LogP) is 6.14. The highest BCUT2D eigenvalue weighted by atomic mass is 16.5. The van der Waals surface area contributed by atoms with E-state index in [9.17, 15) is 9.90 Å². The van der Waals surface area contributed by atoms with E-state index in [4.69, 9.17) is 9.47 Å². The van der Waals surface area contributed by atoms with Crippen LogP contribution in [0.3, 0.4) is 0 Å². The first kappa shape index (κ1) is 20.2. The van der Waals surface area contributed by atoms with Crippen molar-refractivity contribution in [2.24, 2.45) is 0 Å². The summed E-state index contributed by atoms with van der Waals surface area (Å²) in [5.41, 5.74) is 5.12. The second kappa shape index (κ2) is 9.60. The van der Waals surface area contributed by atoms with Crippen LogP contribution in [0.4, 0.5) is 0 Å². The number of allylic oxidation sites excluding steroid dienone is 5. The third-order valence-corrected chi connectivity index (χ3v) is 4.73. The van der Waals surface area contributed by atoms with Gasteiger partial charge in [-0.15, -0.1) is 0 Å². The van der Waals surface area contributed by atoms with Crippen molar-refractivity contribution < 1.29 is 19.4 Å². The molecule has 1 aliphatic carbocycles. The molecule has 0 heterocycles. The second-order valence-corrected chi connectivity index (χ2v) is 6.77. The molecule has 0 aliphatic heterocycles. The predicted molar refractivity (Wildman–Crippen MR) is 115 cm³/mol. The van der Waals surface area contributed by atoms with Gasteiger partial charge in [0.2, 0.25) is 0 Å². The van der Waals surface area contributed by atoms with Crippen LogP contribution in [0, 0.1) is 0 Å². The van der Waals surface area contributed by atoms with Gasteiger partial charge < -0.3 is 14.6 Å². The standard InChI is InChI=1S/C25H24O4/c1-18-21(17-25(26)27)16-20(7-6-14-28-2)24(18)15-19-10-12-23(13-11-19)29-22-8-4-3-5-9-22/h3-15H,16-17H2,1-2H3,(H,26,27)/b14-6+,20-7+,24-15-. The van der Waals surface area contributed by atoms with Gasteiger partial charge in [-0.05, 0) is 72.0 Å². The number of ether oxygens (including phenoxy) is 2. The van der Waals surface area contributed by atoms with Crippen LogP contribution >= 0.6 is 0 Å². The van der Waals surface area contributed by atoms with Crippen LogP contribution in [0.25, 0.3) is 6.08 Å². The Morgan fingerprint density at radius 3 is 2.41 bits per heavy atom. The molecule has 148 valence electrons. The smallest absolute Gasteiger partial charge is 0.307 e. The van der Waals surface area contributed by atoms with Gasteiger partial charge in [0.15, 0.2) is 0 Å². The zero-order valence-corrected chi connectivity index (χ0v) is 16.6. The number of aliphatic carboxylic acids is 1. The SMILES string of the molecule is CO/C=C/C=C1\CC(CC(=O)O)=C(C)\C1=C\c1ccc(Oc2ccccc2)cc1. The van der Waals surface area contributed by atoms with Crippen LogP contribution < -0.4 is 4.74 Å². The molecule has 0 bridgehead atoms. The molecule has 3 rings (SSSR count). The molecule has 1 aliphatic rings. The number of methoxy groups -OCH3 is 1. The molecule has 4 nitrogen and oxygen atoms in total. The van der Waals surface area contributed by atoms with E-state index in [-0.39, 0.29) is 6.42 Å². The summed E-state index contributed by atoms with van der Waals surface area (Å²) in [7, 11) is 1.60. The molecule has 0 amide bonds. The monoisotopic (exact) mass is 388 g/mol. The fraction of sp³-hybridized carbons (Fsp3) is 0.160. The average Bonchev–Trinajstić information content (AvgIpc) is 2.99. The van der Waals surface area contributed by atoms with Crippen molar-refractivity contribution in [1.29, 1.82) is 0 Å². The van der Waals surface area contributed by atoms with Gasteiger partial charge >= 0.3 is 5.97 Å². The van der Waals surface area contributed by atoms with Crippen LogP contribution in [-0.2, 0) is 9.53 Å². The molecule has 0 radical (unpaired) electrons. The number of carboxylic acids is 1. The fourth-order valence-corrected chi connectivity index (χ4v) is 3.27. The number of hydrogen-bond donors (Lipinski definition) is 1. The molecule has 0 atom stereocenters. The van der Waals surface area contributed by atoms with E-state index in [1.165, 1.54) is 0 Å². The number of carbonyl (C=O) groups is 1. The van der Waals surface area contributed by atoms with Crippen LogP contribution in [0.2, 0.25) is 0 Å². The van der Waals surface area contributed by atoms with Crippen molar-refractivity contribution >= 4 is 12.0 Å². The Labute approximate surface area is 171 Å². The number of hydrogen-bond acceptors (Lipinski definition) is 3. The Kier molecular flexibility index (Phi) is 6.69. The second-order valence-electron chi connectivity index (χ2n) is 6.77. The minimum atomic E-state index is -0.810. The van der Waals surface area contributed by atoms with Gasteiger partial charge in [-0.1, -0.05) is 42.0 Å². The lowest BCUT2D eigenvalue weighted by atomic mass is 10.0. The summed E-state index contributed by atoms with van der Waals surface area (Å²) in [6.45, 7) is 1.98. The van der Waals surface area contributed by atoms with Crippen LogP contribution in [0.1, 0.15) is 25.3 Å². The van der Waals surface area contributed by atoms with Gasteiger partial charge in [0.25, 0.3) is 0 Å². The van der Waals surface area contributed by atoms with Gasteiger partial charge in [-0.2, -0.15) is 0 Å². The fourth-order valence-electron chi connectivity index (χ4n) is 3.27. The molecule has 0 fully saturated rings. The molecule has 0 aromatic heterocycles. The summed E-state index contributed by atoms with van der Waals surface area (Å²) < 4.78 is 10.8.